The molecule has 0 radical (unpaired) electrons. The molecule has 0 fully saturated rings. The number of nitrogens with one attached hydrogen (secondary N) is 1. The summed E-state index contributed by atoms with van der Waals surface area (Å²) in [7, 11) is 0. The van der Waals surface area contributed by atoms with Crippen LogP contribution in [0.3, 0.4) is 0 Å². The van der Waals surface area contributed by atoms with Crippen LogP contribution in [0.15, 0.2) is 10.9 Å². The zero-order chi connectivity index (χ0) is 13.6. The first-order valence-electron chi connectivity index (χ1n) is 6.31. The first kappa shape index (κ1) is 12.3. The molecule has 2 aromatic rings. The Kier molecular flexibility index (Phi) is 2.84. The molecule has 1 N–H and O–H groups in total. The number of fused-ring (bicyclic) bond motifs is 2. The molecule has 0 bridgehead atoms. The van der Waals surface area contributed by atoms with Crippen molar-refractivity contribution in [2.24, 2.45) is 0 Å². The molecular formula is C14H12F3NO. The van der Waals surface area contributed by atoms with Gasteiger partial charge in [-0.05, 0) is 25.7 Å². The molecule has 5 heteroatoms. The summed E-state index contributed by atoms with van der Waals surface area (Å²) in [6.07, 6.45) is 4.01. The first-order chi connectivity index (χ1) is 9.09. The van der Waals surface area contributed by atoms with Crippen LogP contribution in [-0.4, -0.2) is 4.98 Å². The third-order valence-corrected chi connectivity index (χ3v) is 3.67. The van der Waals surface area contributed by atoms with Gasteiger partial charge in [-0.15, -0.1) is 0 Å². The van der Waals surface area contributed by atoms with Crippen LogP contribution in [0, 0.1) is 17.5 Å². The number of hydrogen-bond acceptors (Lipinski definition) is 1. The van der Waals surface area contributed by atoms with Crippen LogP contribution in [0.2, 0.25) is 0 Å². The molecule has 1 aromatic carbocycles. The van der Waals surface area contributed by atoms with Crippen molar-refractivity contribution in [2.75, 3.05) is 0 Å². The topological polar surface area (TPSA) is 32.9 Å². The summed E-state index contributed by atoms with van der Waals surface area (Å²) in [6, 6.07) is 0.848. The lowest BCUT2D eigenvalue weighted by Crippen LogP contribution is -2.16. The highest BCUT2D eigenvalue weighted by molar-refractivity contribution is 5.80. The van der Waals surface area contributed by atoms with Crippen molar-refractivity contribution in [3.8, 4) is 0 Å². The molecule has 0 atom stereocenters. The number of H-pyrrole nitrogens is 1. The highest BCUT2D eigenvalue weighted by atomic mass is 19.2. The normalized spacial score (nSPS) is 15.3. The summed E-state index contributed by atoms with van der Waals surface area (Å²) < 4.78 is 40.2. The molecule has 1 heterocycles. The zero-order valence-corrected chi connectivity index (χ0v) is 10.2. The van der Waals surface area contributed by atoms with E-state index in [1.807, 2.05) is 0 Å². The molecule has 1 aliphatic carbocycles. The van der Waals surface area contributed by atoms with Crippen molar-refractivity contribution in [2.45, 2.75) is 32.1 Å². The van der Waals surface area contributed by atoms with Crippen molar-refractivity contribution in [1.29, 1.82) is 0 Å². The van der Waals surface area contributed by atoms with Gasteiger partial charge in [0.05, 0.1) is 10.9 Å². The first-order valence-corrected chi connectivity index (χ1v) is 6.31. The van der Waals surface area contributed by atoms with Gasteiger partial charge < -0.3 is 4.98 Å². The minimum Gasteiger partial charge on any atom is -0.358 e. The molecule has 0 saturated heterocycles. The van der Waals surface area contributed by atoms with Crippen LogP contribution >= 0.6 is 0 Å². The summed E-state index contributed by atoms with van der Waals surface area (Å²) in [5.74, 6) is -4.27. The van der Waals surface area contributed by atoms with Gasteiger partial charge in [0.2, 0.25) is 0 Å². The molecule has 1 aromatic heterocycles. The third kappa shape index (κ3) is 1.84. The van der Waals surface area contributed by atoms with Gasteiger partial charge in [0, 0.05) is 17.3 Å². The smallest absolute Gasteiger partial charge is 0.195 e. The lowest BCUT2D eigenvalue weighted by Gasteiger charge is -2.09. The van der Waals surface area contributed by atoms with Gasteiger partial charge in [-0.1, -0.05) is 6.42 Å². The molecule has 3 rings (SSSR count). The Morgan fingerprint density at radius 2 is 1.74 bits per heavy atom. The number of aryl methyl sites for hydroxylation is 1. The van der Waals surface area contributed by atoms with Gasteiger partial charge in [-0.2, -0.15) is 0 Å². The van der Waals surface area contributed by atoms with E-state index in [9.17, 15) is 18.0 Å². The van der Waals surface area contributed by atoms with E-state index >= 15 is 0 Å². The Labute approximate surface area is 107 Å². The van der Waals surface area contributed by atoms with Crippen LogP contribution in [0.4, 0.5) is 13.2 Å². The summed E-state index contributed by atoms with van der Waals surface area (Å²) in [5, 5.41) is -0.375. The van der Waals surface area contributed by atoms with Crippen LogP contribution < -0.4 is 5.43 Å². The van der Waals surface area contributed by atoms with Crippen molar-refractivity contribution in [3.05, 3.63) is 45.0 Å². The summed E-state index contributed by atoms with van der Waals surface area (Å²) in [5.41, 5.74) is 0.749. The van der Waals surface area contributed by atoms with E-state index in [1.54, 1.807) is 0 Å². The maximum Gasteiger partial charge on any atom is 0.195 e. The Morgan fingerprint density at radius 1 is 1.00 bits per heavy atom. The predicted octanol–water partition coefficient (Wildman–Crippen LogP) is 3.21. The minimum absolute atomic E-state index is 0.0297. The van der Waals surface area contributed by atoms with Gasteiger partial charge >= 0.3 is 0 Å². The molecular weight excluding hydrogens is 255 g/mol. The molecule has 0 amide bonds. The second-order valence-electron chi connectivity index (χ2n) is 4.88. The van der Waals surface area contributed by atoms with E-state index in [-0.39, 0.29) is 10.9 Å². The SMILES string of the molecule is O=c1c2c([nH]c3cc(F)c(F)c(F)c13)CCCCC2. The van der Waals surface area contributed by atoms with E-state index in [0.29, 0.717) is 18.4 Å². The van der Waals surface area contributed by atoms with Gasteiger partial charge in [-0.3, -0.25) is 4.79 Å². The van der Waals surface area contributed by atoms with Crippen LogP contribution in [-0.2, 0) is 12.8 Å². The van der Waals surface area contributed by atoms with Crippen molar-refractivity contribution in [1.82, 2.24) is 4.98 Å². The Balaban J connectivity index is 2.41. The number of aromatic nitrogens is 1. The molecule has 1 aliphatic rings. The van der Waals surface area contributed by atoms with E-state index < -0.39 is 22.9 Å². The van der Waals surface area contributed by atoms with Gasteiger partial charge in [0.1, 0.15) is 0 Å². The fraction of sp³-hybridized carbons (Fsp3) is 0.357. The van der Waals surface area contributed by atoms with E-state index in [2.05, 4.69) is 4.98 Å². The van der Waals surface area contributed by atoms with Crippen LogP contribution in [0.1, 0.15) is 30.5 Å². The molecule has 0 spiro atoms. The van der Waals surface area contributed by atoms with Crippen molar-refractivity contribution >= 4 is 10.9 Å². The van der Waals surface area contributed by atoms with Gasteiger partial charge in [0.15, 0.2) is 22.9 Å². The molecule has 0 saturated carbocycles. The standard InChI is InChI=1S/C14H12F3NO/c15-8-6-10-11(13(17)12(8)16)14(19)7-4-2-1-3-5-9(7)18-10/h6H,1-5H2,(H,18,19). The Hall–Kier alpha value is -1.78. The summed E-state index contributed by atoms with van der Waals surface area (Å²) in [4.78, 5) is 15.2. The largest absolute Gasteiger partial charge is 0.358 e. The minimum atomic E-state index is -1.59. The maximum absolute atomic E-state index is 13.8. The number of benzene rings is 1. The van der Waals surface area contributed by atoms with Gasteiger partial charge in [0.25, 0.3) is 0 Å². The highest BCUT2D eigenvalue weighted by Gasteiger charge is 2.21. The second-order valence-corrected chi connectivity index (χ2v) is 4.88. The fourth-order valence-corrected chi connectivity index (χ4v) is 2.70. The van der Waals surface area contributed by atoms with E-state index in [0.717, 1.165) is 31.0 Å². The summed E-state index contributed by atoms with van der Waals surface area (Å²) >= 11 is 0. The van der Waals surface area contributed by atoms with Crippen molar-refractivity contribution < 1.29 is 13.2 Å². The second kappa shape index (κ2) is 4.40. The molecule has 0 aliphatic heterocycles. The Bertz CT molecular complexity index is 721. The average molecular weight is 267 g/mol. The average Bonchev–Trinajstić information content (AvgIpc) is 2.61. The molecule has 19 heavy (non-hydrogen) atoms. The van der Waals surface area contributed by atoms with Crippen LogP contribution in [0.5, 0.6) is 0 Å². The lowest BCUT2D eigenvalue weighted by atomic mass is 10.0. The predicted molar refractivity (Wildman–Crippen MR) is 65.7 cm³/mol. The number of pyridine rings is 1. The fourth-order valence-electron chi connectivity index (χ4n) is 2.70. The highest BCUT2D eigenvalue weighted by Crippen LogP contribution is 2.23. The Morgan fingerprint density at radius 3 is 2.53 bits per heavy atom. The van der Waals surface area contributed by atoms with Gasteiger partial charge in [-0.25, -0.2) is 13.2 Å². The summed E-state index contributed by atoms with van der Waals surface area (Å²) in [6.45, 7) is 0. The lowest BCUT2D eigenvalue weighted by molar-refractivity contribution is 0.453. The molecule has 100 valence electrons. The maximum atomic E-state index is 13.8. The van der Waals surface area contributed by atoms with E-state index in [4.69, 9.17) is 0 Å². The number of hydrogen-bond donors (Lipinski definition) is 1. The monoisotopic (exact) mass is 267 g/mol. The quantitative estimate of drug-likeness (QED) is 0.577. The number of halogens is 3. The van der Waals surface area contributed by atoms with Crippen molar-refractivity contribution in [3.63, 3.8) is 0 Å². The molecule has 2 nitrogen and oxygen atoms in total. The zero-order valence-electron chi connectivity index (χ0n) is 10.2. The third-order valence-electron chi connectivity index (χ3n) is 3.67. The number of rotatable bonds is 0. The van der Waals surface area contributed by atoms with E-state index in [1.165, 1.54) is 0 Å². The molecule has 0 unspecified atom stereocenters. The number of aromatic amines is 1. The van der Waals surface area contributed by atoms with Crippen LogP contribution in [0.25, 0.3) is 10.9 Å².